The van der Waals surface area contributed by atoms with E-state index in [0.29, 0.717) is 11.7 Å². The Morgan fingerprint density at radius 1 is 0.727 bits per heavy atom. The lowest BCUT2D eigenvalue weighted by molar-refractivity contribution is -0.688. The highest BCUT2D eigenvalue weighted by atomic mass is 19.1. The van der Waals surface area contributed by atoms with Crippen LogP contribution in [0.3, 0.4) is 0 Å². The van der Waals surface area contributed by atoms with Crippen LogP contribution in [0.5, 0.6) is 0 Å². The smallest absolute Gasteiger partial charge is 0.227 e. The van der Waals surface area contributed by atoms with Crippen molar-refractivity contribution < 1.29 is 13.4 Å². The first-order valence-electron chi connectivity index (χ1n) is 10.8. The van der Waals surface area contributed by atoms with Gasteiger partial charge in [-0.2, -0.15) is 0 Å². The highest BCUT2D eigenvalue weighted by Gasteiger charge is 2.11. The average Bonchev–Trinajstić information content (AvgIpc) is 3.36. The normalized spacial score (nSPS) is 11.2. The predicted molar refractivity (Wildman–Crippen MR) is 128 cm³/mol. The molecule has 5 aromatic rings. The van der Waals surface area contributed by atoms with E-state index in [1.54, 1.807) is 18.3 Å². The van der Waals surface area contributed by atoms with Crippen LogP contribution in [0.25, 0.3) is 34.9 Å². The Morgan fingerprint density at radius 2 is 1.39 bits per heavy atom. The number of aromatic nitrogens is 2. The van der Waals surface area contributed by atoms with Gasteiger partial charge in [0.2, 0.25) is 5.89 Å². The number of benzene rings is 3. The molecule has 0 fully saturated rings. The second-order valence-corrected chi connectivity index (χ2v) is 7.78. The van der Waals surface area contributed by atoms with E-state index in [2.05, 4.69) is 58.1 Å². The van der Waals surface area contributed by atoms with Gasteiger partial charge in [-0.25, -0.2) is 13.9 Å². The first-order valence-corrected chi connectivity index (χ1v) is 10.8. The van der Waals surface area contributed by atoms with Gasteiger partial charge in [-0.15, -0.1) is 0 Å². The Balaban J connectivity index is 1.24. The molecule has 0 aliphatic heterocycles. The van der Waals surface area contributed by atoms with Gasteiger partial charge in [-0.05, 0) is 35.4 Å². The fourth-order valence-corrected chi connectivity index (χ4v) is 3.56. The first-order chi connectivity index (χ1) is 16.2. The first kappa shape index (κ1) is 20.6. The van der Waals surface area contributed by atoms with Gasteiger partial charge in [0.05, 0.1) is 6.20 Å². The van der Waals surface area contributed by atoms with Crippen molar-refractivity contribution in [3.05, 3.63) is 132 Å². The molecule has 3 aromatic carbocycles. The Kier molecular flexibility index (Phi) is 5.89. The number of hydrogen-bond acceptors (Lipinski definition) is 2. The molecule has 0 radical (unpaired) electrons. The van der Waals surface area contributed by atoms with Gasteiger partial charge in [-0.3, -0.25) is 0 Å². The van der Waals surface area contributed by atoms with Crippen LogP contribution in [0.2, 0.25) is 0 Å². The van der Waals surface area contributed by atoms with Gasteiger partial charge >= 0.3 is 0 Å². The van der Waals surface area contributed by atoms with Gasteiger partial charge in [0.25, 0.3) is 0 Å². The Bertz CT molecular complexity index is 1350. The molecule has 0 saturated carbocycles. The lowest BCUT2D eigenvalue weighted by atomic mass is 10.1. The minimum absolute atomic E-state index is 0.274. The highest BCUT2D eigenvalue weighted by molar-refractivity contribution is 5.69. The summed E-state index contributed by atoms with van der Waals surface area (Å²) in [5, 5.41) is 0. The Morgan fingerprint density at radius 3 is 2.09 bits per heavy atom. The van der Waals surface area contributed by atoms with Crippen LogP contribution < -0.4 is 4.57 Å². The molecule has 0 spiro atoms. The second-order valence-electron chi connectivity index (χ2n) is 7.78. The maximum atomic E-state index is 13.1. The lowest BCUT2D eigenvalue weighted by Gasteiger charge is -2.01. The zero-order valence-electron chi connectivity index (χ0n) is 17.9. The molecule has 0 aliphatic carbocycles. The van der Waals surface area contributed by atoms with Gasteiger partial charge in [0.15, 0.2) is 24.7 Å². The highest BCUT2D eigenvalue weighted by Crippen LogP contribution is 2.25. The molecule has 3 nitrogen and oxygen atoms in total. The zero-order chi connectivity index (χ0) is 22.5. The minimum Gasteiger partial charge on any atom is -0.436 e. The van der Waals surface area contributed by atoms with Crippen molar-refractivity contribution in [3.8, 4) is 22.8 Å². The molecule has 5 rings (SSSR count). The third-order valence-electron chi connectivity index (χ3n) is 5.39. The van der Waals surface area contributed by atoms with E-state index in [1.165, 1.54) is 28.8 Å². The molecule has 0 saturated heterocycles. The third-order valence-corrected chi connectivity index (χ3v) is 5.39. The summed E-state index contributed by atoms with van der Waals surface area (Å²) in [6.07, 6.45) is 9.93. The van der Waals surface area contributed by atoms with Crippen molar-refractivity contribution in [2.75, 3.05) is 0 Å². The number of nitrogens with zero attached hydrogens (tertiary/aromatic N) is 2. The quantitative estimate of drug-likeness (QED) is 0.222. The summed E-state index contributed by atoms with van der Waals surface area (Å²) in [7, 11) is 0. The van der Waals surface area contributed by atoms with Crippen molar-refractivity contribution in [3.63, 3.8) is 0 Å². The van der Waals surface area contributed by atoms with Crippen LogP contribution in [0.4, 0.5) is 4.39 Å². The van der Waals surface area contributed by atoms with E-state index in [1.807, 2.05) is 42.7 Å². The van der Waals surface area contributed by atoms with Crippen molar-refractivity contribution in [1.29, 1.82) is 0 Å². The molecule has 4 heteroatoms. The number of rotatable bonds is 6. The van der Waals surface area contributed by atoms with Crippen molar-refractivity contribution >= 4 is 12.2 Å². The number of halogens is 1. The molecule has 2 aromatic heterocycles. The number of hydrogen-bond donors (Lipinski definition) is 0. The molecule has 160 valence electrons. The summed E-state index contributed by atoms with van der Waals surface area (Å²) in [4.78, 5) is 4.37. The molecule has 0 aliphatic rings. The van der Waals surface area contributed by atoms with Crippen molar-refractivity contribution in [2.24, 2.45) is 0 Å². The summed E-state index contributed by atoms with van der Waals surface area (Å²) in [6.45, 7) is 0.773. The monoisotopic (exact) mass is 433 g/mol. The van der Waals surface area contributed by atoms with E-state index < -0.39 is 0 Å². The van der Waals surface area contributed by atoms with Gasteiger partial charge in [0.1, 0.15) is 5.82 Å². The van der Waals surface area contributed by atoms with E-state index >= 15 is 0 Å². The van der Waals surface area contributed by atoms with Gasteiger partial charge in [-0.1, -0.05) is 66.7 Å². The molecule has 0 bridgehead atoms. The fourth-order valence-electron chi connectivity index (χ4n) is 3.56. The molecule has 2 heterocycles. The number of pyridine rings is 1. The van der Waals surface area contributed by atoms with E-state index in [0.717, 1.165) is 17.7 Å². The van der Waals surface area contributed by atoms with Crippen LogP contribution >= 0.6 is 0 Å². The molecule has 0 N–H and O–H groups in total. The summed E-state index contributed by atoms with van der Waals surface area (Å²) < 4.78 is 21.1. The van der Waals surface area contributed by atoms with Crippen LogP contribution in [-0.2, 0) is 6.54 Å². The zero-order valence-corrected chi connectivity index (χ0v) is 17.9. The molecule has 0 unspecified atom stereocenters. The van der Waals surface area contributed by atoms with Crippen molar-refractivity contribution in [1.82, 2.24) is 4.98 Å². The van der Waals surface area contributed by atoms with E-state index in [9.17, 15) is 4.39 Å². The largest absolute Gasteiger partial charge is 0.436 e. The summed E-state index contributed by atoms with van der Waals surface area (Å²) in [5.74, 6) is 0.878. The SMILES string of the molecule is Fc1ccc(-c2cnc(-c3cc[n+](Cc4ccc(/C=C\c5ccccc5)cc4)cc3)o2)cc1. The minimum atomic E-state index is -0.274. The Labute approximate surface area is 192 Å². The van der Waals surface area contributed by atoms with Gasteiger partial charge in [0, 0.05) is 28.8 Å². The molecular formula is C29H22FN2O+. The maximum absolute atomic E-state index is 13.1. The standard InChI is InChI=1S/C29H22FN2O/c30-27-14-12-25(13-15-27)28-20-31-29(33-28)26-16-18-32(19-17-26)21-24-10-8-23(9-11-24)7-6-22-4-2-1-3-5-22/h1-20H,21H2/q+1/b7-6-. The lowest BCUT2D eigenvalue weighted by Crippen LogP contribution is -2.32. The van der Waals surface area contributed by atoms with Crippen LogP contribution in [0.15, 0.2) is 114 Å². The Hall–Kier alpha value is -4.31. The van der Waals surface area contributed by atoms with E-state index in [-0.39, 0.29) is 5.82 Å². The van der Waals surface area contributed by atoms with E-state index in [4.69, 9.17) is 4.42 Å². The molecular weight excluding hydrogens is 411 g/mol. The maximum Gasteiger partial charge on any atom is 0.227 e. The van der Waals surface area contributed by atoms with Crippen LogP contribution in [0, 0.1) is 5.82 Å². The predicted octanol–water partition coefficient (Wildman–Crippen LogP) is 6.65. The molecule has 0 amide bonds. The summed E-state index contributed by atoms with van der Waals surface area (Å²) >= 11 is 0. The molecule has 0 atom stereocenters. The summed E-state index contributed by atoms with van der Waals surface area (Å²) in [5.41, 5.74) is 5.26. The van der Waals surface area contributed by atoms with Crippen LogP contribution in [0.1, 0.15) is 16.7 Å². The van der Waals surface area contributed by atoms with Crippen molar-refractivity contribution in [2.45, 2.75) is 6.54 Å². The summed E-state index contributed by atoms with van der Waals surface area (Å²) in [6, 6.07) is 29.0. The number of oxazole rings is 1. The second kappa shape index (κ2) is 9.45. The third kappa shape index (κ3) is 5.13. The fraction of sp³-hybridized carbons (Fsp3) is 0.0345. The average molecular weight is 434 g/mol. The molecule has 33 heavy (non-hydrogen) atoms. The topological polar surface area (TPSA) is 29.9 Å². The van der Waals surface area contributed by atoms with Gasteiger partial charge < -0.3 is 4.42 Å². The van der Waals surface area contributed by atoms with Crippen LogP contribution in [-0.4, -0.2) is 4.98 Å².